The maximum atomic E-state index is 12.8. The molecule has 10 nitrogen and oxygen atoms in total. The Bertz CT molecular complexity index is 1720. The Kier molecular flexibility index (Phi) is 5.81. The van der Waals surface area contributed by atoms with Gasteiger partial charge in [-0.15, -0.1) is 10.2 Å². The molecule has 1 aliphatic heterocycles. The predicted octanol–water partition coefficient (Wildman–Crippen LogP) is 3.97. The van der Waals surface area contributed by atoms with Crippen molar-refractivity contribution in [2.75, 3.05) is 19.5 Å². The van der Waals surface area contributed by atoms with Crippen LogP contribution in [-0.4, -0.2) is 61.6 Å². The molecule has 5 heterocycles. The van der Waals surface area contributed by atoms with Crippen LogP contribution in [0, 0.1) is 12.8 Å². The number of aromatic nitrogens is 7. The smallest absolute Gasteiger partial charge is 0.251 e. The van der Waals surface area contributed by atoms with Crippen LogP contribution < -0.4 is 0 Å². The lowest BCUT2D eigenvalue weighted by atomic mass is 9.86. The molecule has 1 saturated heterocycles. The third-order valence-corrected chi connectivity index (χ3v) is 8.24. The van der Waals surface area contributed by atoms with Crippen LogP contribution in [0.3, 0.4) is 0 Å². The molecule has 0 aliphatic carbocycles. The summed E-state index contributed by atoms with van der Waals surface area (Å²) >= 11 is 6.73. The minimum Gasteiger partial charge on any atom is -0.381 e. The van der Waals surface area contributed by atoms with Crippen molar-refractivity contribution >= 4 is 43.7 Å². The molecule has 5 aromatic rings. The average Bonchev–Trinajstić information content (AvgIpc) is 3.52. The fourth-order valence-corrected chi connectivity index (χ4v) is 6.59. The second kappa shape index (κ2) is 8.93. The third kappa shape index (κ3) is 3.92. The zero-order chi connectivity index (χ0) is 25.9. The van der Waals surface area contributed by atoms with Crippen LogP contribution in [-0.2, 0) is 21.8 Å². The fourth-order valence-electron chi connectivity index (χ4n) is 5.55. The van der Waals surface area contributed by atoms with E-state index in [0.29, 0.717) is 29.8 Å². The molecular weight excluding hydrogens is 514 g/mol. The number of ether oxygens (including phenoxy) is 1. The van der Waals surface area contributed by atoms with E-state index in [0.717, 1.165) is 51.2 Å². The van der Waals surface area contributed by atoms with Crippen molar-refractivity contribution in [2.24, 2.45) is 13.0 Å². The lowest BCUT2D eigenvalue weighted by Gasteiger charge is -2.33. The van der Waals surface area contributed by atoms with Crippen LogP contribution in [0.1, 0.15) is 30.1 Å². The van der Waals surface area contributed by atoms with Gasteiger partial charge < -0.3 is 9.30 Å². The molecule has 1 aliphatic rings. The van der Waals surface area contributed by atoms with Crippen LogP contribution in [0.4, 0.5) is 0 Å². The quantitative estimate of drug-likeness (QED) is 0.332. The van der Waals surface area contributed by atoms with Crippen LogP contribution in [0.2, 0.25) is 5.15 Å². The number of halogens is 1. The Morgan fingerprint density at radius 3 is 2.51 bits per heavy atom. The summed E-state index contributed by atoms with van der Waals surface area (Å²) in [5.41, 5.74) is 5.75. The molecule has 4 aromatic heterocycles. The Morgan fingerprint density at radius 2 is 1.86 bits per heavy atom. The molecule has 0 radical (unpaired) electrons. The van der Waals surface area contributed by atoms with Gasteiger partial charge in [-0.3, -0.25) is 4.98 Å². The number of benzene rings is 1. The van der Waals surface area contributed by atoms with Crippen LogP contribution >= 0.6 is 11.6 Å². The van der Waals surface area contributed by atoms with E-state index in [2.05, 4.69) is 32.1 Å². The third-order valence-electron chi connectivity index (χ3n) is 7.10. The highest BCUT2D eigenvalue weighted by molar-refractivity contribution is 7.89. The van der Waals surface area contributed by atoms with E-state index in [1.807, 2.05) is 38.2 Å². The minimum absolute atomic E-state index is 0.117. The van der Waals surface area contributed by atoms with Crippen molar-refractivity contribution in [3.8, 4) is 11.3 Å². The SMILES string of the molecule is Cc1nnn(C)c1-c1cnc2c3c(c(Cl)nn3S(C)(=O)=O)n(C(c3ccccc3)C3CCOCC3)c2c1. The Labute approximate surface area is 218 Å². The summed E-state index contributed by atoms with van der Waals surface area (Å²) < 4.78 is 36.1. The van der Waals surface area contributed by atoms with Crippen molar-refractivity contribution in [1.29, 1.82) is 0 Å². The number of fused-ring (bicyclic) bond motifs is 3. The largest absolute Gasteiger partial charge is 0.381 e. The number of hydrogen-bond acceptors (Lipinski definition) is 7. The summed E-state index contributed by atoms with van der Waals surface area (Å²) in [6, 6.07) is 12.1. The molecule has 0 amide bonds. The fraction of sp³-hybridized carbons (Fsp3) is 0.360. The lowest BCUT2D eigenvalue weighted by molar-refractivity contribution is 0.0553. The molecule has 1 aromatic carbocycles. The van der Waals surface area contributed by atoms with E-state index in [9.17, 15) is 8.42 Å². The standard InChI is InChI=1S/C25H26ClN7O3S/c1-15-21(31(2)30-28-15)18-13-19-20(27-14-18)23-24(25(26)29-33(23)37(3,34)35)32(19)22(16-7-5-4-6-8-16)17-9-11-36-12-10-17/h4-8,13-14,17,22H,9-12H2,1-3H3. The number of aryl methyl sites for hydroxylation is 2. The van der Waals surface area contributed by atoms with Gasteiger partial charge in [-0.2, -0.15) is 4.09 Å². The van der Waals surface area contributed by atoms with Gasteiger partial charge in [0.25, 0.3) is 10.0 Å². The highest BCUT2D eigenvalue weighted by Crippen LogP contribution is 2.43. The summed E-state index contributed by atoms with van der Waals surface area (Å²) in [5.74, 6) is 0.233. The molecule has 0 saturated carbocycles. The topological polar surface area (TPSA) is 110 Å². The summed E-state index contributed by atoms with van der Waals surface area (Å²) in [6.45, 7) is 3.22. The summed E-state index contributed by atoms with van der Waals surface area (Å²) in [5, 5.41) is 12.7. The molecule has 12 heteroatoms. The Balaban J connectivity index is 1.74. The van der Waals surface area contributed by atoms with E-state index in [4.69, 9.17) is 21.3 Å². The first-order valence-corrected chi connectivity index (χ1v) is 14.3. The van der Waals surface area contributed by atoms with E-state index in [-0.39, 0.29) is 17.1 Å². The van der Waals surface area contributed by atoms with Crippen LogP contribution in [0.5, 0.6) is 0 Å². The van der Waals surface area contributed by atoms with Crippen molar-refractivity contribution in [2.45, 2.75) is 25.8 Å². The molecule has 1 atom stereocenters. The first-order chi connectivity index (χ1) is 17.8. The number of pyridine rings is 1. The van der Waals surface area contributed by atoms with Gasteiger partial charge in [0.15, 0.2) is 5.15 Å². The van der Waals surface area contributed by atoms with Gasteiger partial charge in [0, 0.05) is 32.0 Å². The van der Waals surface area contributed by atoms with Crippen LogP contribution in [0.15, 0.2) is 42.6 Å². The zero-order valence-electron chi connectivity index (χ0n) is 20.7. The summed E-state index contributed by atoms with van der Waals surface area (Å²) in [4.78, 5) is 4.78. The molecular formula is C25H26ClN7O3S. The van der Waals surface area contributed by atoms with Crippen molar-refractivity contribution in [3.63, 3.8) is 0 Å². The Morgan fingerprint density at radius 1 is 1.14 bits per heavy atom. The molecule has 1 unspecified atom stereocenters. The highest BCUT2D eigenvalue weighted by Gasteiger charge is 2.34. The van der Waals surface area contributed by atoms with E-state index in [1.165, 1.54) is 0 Å². The molecule has 37 heavy (non-hydrogen) atoms. The summed E-state index contributed by atoms with van der Waals surface area (Å²) in [7, 11) is -1.91. The summed E-state index contributed by atoms with van der Waals surface area (Å²) in [6.07, 6.45) is 4.55. The Hall–Kier alpha value is -3.28. The van der Waals surface area contributed by atoms with Gasteiger partial charge in [0.1, 0.15) is 16.6 Å². The number of rotatable bonds is 5. The van der Waals surface area contributed by atoms with Crippen molar-refractivity contribution < 1.29 is 13.2 Å². The van der Waals surface area contributed by atoms with E-state index in [1.54, 1.807) is 10.9 Å². The second-order valence-electron chi connectivity index (χ2n) is 9.51. The van der Waals surface area contributed by atoms with E-state index < -0.39 is 10.0 Å². The molecule has 192 valence electrons. The van der Waals surface area contributed by atoms with Gasteiger partial charge >= 0.3 is 0 Å². The van der Waals surface area contributed by atoms with Gasteiger partial charge in [-0.1, -0.05) is 47.1 Å². The monoisotopic (exact) mass is 539 g/mol. The predicted molar refractivity (Wildman–Crippen MR) is 141 cm³/mol. The molecule has 6 rings (SSSR count). The van der Waals surface area contributed by atoms with Gasteiger partial charge in [-0.25, -0.2) is 13.1 Å². The molecule has 0 N–H and O–H groups in total. The van der Waals surface area contributed by atoms with Crippen LogP contribution in [0.25, 0.3) is 33.3 Å². The first kappa shape index (κ1) is 24.1. The maximum Gasteiger partial charge on any atom is 0.251 e. The first-order valence-electron chi connectivity index (χ1n) is 12.0. The molecule has 0 spiro atoms. The van der Waals surface area contributed by atoms with Gasteiger partial charge in [0.05, 0.1) is 29.2 Å². The lowest BCUT2D eigenvalue weighted by Crippen LogP contribution is -2.26. The number of nitrogens with zero attached hydrogens (tertiary/aromatic N) is 7. The average molecular weight is 540 g/mol. The highest BCUT2D eigenvalue weighted by atomic mass is 35.5. The normalized spacial score (nSPS) is 16.1. The molecule has 0 bridgehead atoms. The number of hydrogen-bond donors (Lipinski definition) is 0. The van der Waals surface area contributed by atoms with E-state index >= 15 is 0 Å². The maximum absolute atomic E-state index is 12.8. The van der Waals surface area contributed by atoms with Crippen molar-refractivity contribution in [1.82, 2.24) is 33.7 Å². The van der Waals surface area contributed by atoms with Crippen molar-refractivity contribution in [3.05, 3.63) is 59.0 Å². The van der Waals surface area contributed by atoms with Gasteiger partial charge in [0.2, 0.25) is 0 Å². The zero-order valence-corrected chi connectivity index (χ0v) is 22.2. The molecule has 1 fully saturated rings. The van der Waals surface area contributed by atoms with Gasteiger partial charge in [-0.05, 0) is 37.3 Å². The second-order valence-corrected chi connectivity index (χ2v) is 11.7. The minimum atomic E-state index is -3.75.